The Bertz CT molecular complexity index is 689. The van der Waals surface area contributed by atoms with Gasteiger partial charge in [0.15, 0.2) is 0 Å². The maximum atomic E-state index is 12.7. The van der Waals surface area contributed by atoms with Crippen LogP contribution in [-0.2, 0) is 17.8 Å². The zero-order valence-electron chi connectivity index (χ0n) is 13.9. The second-order valence-electron chi connectivity index (χ2n) is 6.93. The van der Waals surface area contributed by atoms with Crippen LogP contribution >= 0.6 is 11.3 Å². The lowest BCUT2D eigenvalue weighted by Crippen LogP contribution is -2.45. The molecule has 1 N–H and O–H groups in total. The van der Waals surface area contributed by atoms with Crippen molar-refractivity contribution >= 4 is 17.2 Å². The number of hydrogen-bond acceptors (Lipinski definition) is 3. The minimum Gasteiger partial charge on any atom is -0.353 e. The van der Waals surface area contributed by atoms with Crippen LogP contribution in [0.3, 0.4) is 0 Å². The summed E-state index contributed by atoms with van der Waals surface area (Å²) in [5.74, 6) is 0.294. The zero-order valence-corrected chi connectivity index (χ0v) is 14.7. The van der Waals surface area contributed by atoms with E-state index < -0.39 is 0 Å². The fraction of sp³-hybridized carbons (Fsp3) is 0.450. The Labute approximate surface area is 147 Å². The monoisotopic (exact) mass is 340 g/mol. The second kappa shape index (κ2) is 7.08. The molecule has 1 amide bonds. The first-order valence-electron chi connectivity index (χ1n) is 8.92. The fourth-order valence-corrected chi connectivity index (χ4v) is 4.74. The highest BCUT2D eigenvalue weighted by Gasteiger charge is 2.30. The molecule has 0 unspecified atom stereocenters. The molecule has 0 saturated carbocycles. The molecule has 126 valence electrons. The average molecular weight is 340 g/mol. The molecule has 0 radical (unpaired) electrons. The van der Waals surface area contributed by atoms with Crippen molar-refractivity contribution in [2.45, 2.75) is 44.2 Å². The number of benzene rings is 1. The molecule has 0 bridgehead atoms. The van der Waals surface area contributed by atoms with Gasteiger partial charge in [-0.05, 0) is 48.3 Å². The molecule has 4 heteroatoms. The molecule has 1 aliphatic carbocycles. The van der Waals surface area contributed by atoms with Crippen molar-refractivity contribution in [3.05, 3.63) is 57.8 Å². The standard InChI is InChI=1S/C20H24N2OS/c23-20(19-8-7-15-4-1-2-6-18(15)19)21-16-9-11-22(12-10-16)14-17-5-3-13-24-17/h1-6,13,16,19H,7-12,14H2,(H,21,23)/t19-/m0/s1. The van der Waals surface area contributed by atoms with Gasteiger partial charge in [0.25, 0.3) is 0 Å². The van der Waals surface area contributed by atoms with Crippen LogP contribution in [0, 0.1) is 0 Å². The first-order valence-corrected chi connectivity index (χ1v) is 9.80. The van der Waals surface area contributed by atoms with E-state index in [2.05, 4.69) is 45.9 Å². The van der Waals surface area contributed by atoms with E-state index in [0.717, 1.165) is 45.3 Å². The minimum absolute atomic E-state index is 0.0605. The third-order valence-corrected chi connectivity index (χ3v) is 6.20. The number of carbonyl (C=O) groups is 1. The number of nitrogens with zero attached hydrogens (tertiary/aromatic N) is 1. The van der Waals surface area contributed by atoms with Crippen molar-refractivity contribution in [1.82, 2.24) is 10.2 Å². The van der Waals surface area contributed by atoms with E-state index >= 15 is 0 Å². The summed E-state index contributed by atoms with van der Waals surface area (Å²) in [6, 6.07) is 13.1. The normalized spacial score (nSPS) is 21.6. The molecule has 1 aromatic carbocycles. The van der Waals surface area contributed by atoms with Crippen molar-refractivity contribution in [1.29, 1.82) is 0 Å². The summed E-state index contributed by atoms with van der Waals surface area (Å²) < 4.78 is 0. The number of carbonyl (C=O) groups excluding carboxylic acids is 1. The molecule has 2 aliphatic rings. The van der Waals surface area contributed by atoms with E-state index in [0.29, 0.717) is 6.04 Å². The van der Waals surface area contributed by atoms with Crippen molar-refractivity contribution in [3.63, 3.8) is 0 Å². The lowest BCUT2D eigenvalue weighted by Gasteiger charge is -2.32. The first kappa shape index (κ1) is 15.9. The third kappa shape index (κ3) is 3.40. The van der Waals surface area contributed by atoms with Gasteiger partial charge in [0, 0.05) is 30.6 Å². The van der Waals surface area contributed by atoms with Crippen LogP contribution in [0.2, 0.25) is 0 Å². The topological polar surface area (TPSA) is 32.3 Å². The lowest BCUT2D eigenvalue weighted by atomic mass is 9.98. The van der Waals surface area contributed by atoms with Gasteiger partial charge in [0.1, 0.15) is 0 Å². The summed E-state index contributed by atoms with van der Waals surface area (Å²) in [6.07, 6.45) is 4.12. The van der Waals surface area contributed by atoms with Crippen LogP contribution in [0.1, 0.15) is 41.2 Å². The quantitative estimate of drug-likeness (QED) is 0.923. The number of amides is 1. The summed E-state index contributed by atoms with van der Waals surface area (Å²) in [4.78, 5) is 16.6. The summed E-state index contributed by atoms with van der Waals surface area (Å²) in [7, 11) is 0. The van der Waals surface area contributed by atoms with Gasteiger partial charge in [-0.15, -0.1) is 11.3 Å². The van der Waals surface area contributed by atoms with Crippen LogP contribution in [-0.4, -0.2) is 29.9 Å². The summed E-state index contributed by atoms with van der Waals surface area (Å²) in [5, 5.41) is 5.46. The number of hydrogen-bond donors (Lipinski definition) is 1. The number of thiophene rings is 1. The van der Waals surface area contributed by atoms with Gasteiger partial charge in [-0.1, -0.05) is 30.3 Å². The summed E-state index contributed by atoms with van der Waals surface area (Å²) in [6.45, 7) is 3.20. The van der Waals surface area contributed by atoms with Crippen LogP contribution < -0.4 is 5.32 Å². The molecular weight excluding hydrogens is 316 g/mol. The Morgan fingerprint density at radius 2 is 1.96 bits per heavy atom. The smallest absolute Gasteiger partial charge is 0.227 e. The molecule has 0 spiro atoms. The van der Waals surface area contributed by atoms with Crippen molar-refractivity contribution < 1.29 is 4.79 Å². The van der Waals surface area contributed by atoms with E-state index in [4.69, 9.17) is 0 Å². The Morgan fingerprint density at radius 1 is 1.12 bits per heavy atom. The molecule has 2 aromatic rings. The van der Waals surface area contributed by atoms with E-state index in [1.54, 1.807) is 0 Å². The molecule has 24 heavy (non-hydrogen) atoms. The van der Waals surface area contributed by atoms with Gasteiger partial charge < -0.3 is 5.32 Å². The van der Waals surface area contributed by atoms with E-state index in [9.17, 15) is 4.79 Å². The number of piperidine rings is 1. The van der Waals surface area contributed by atoms with Gasteiger partial charge in [-0.25, -0.2) is 0 Å². The average Bonchev–Trinajstić information content (AvgIpc) is 3.26. The third-order valence-electron chi connectivity index (χ3n) is 5.34. The highest BCUT2D eigenvalue weighted by atomic mass is 32.1. The van der Waals surface area contributed by atoms with Crippen molar-refractivity contribution in [2.75, 3.05) is 13.1 Å². The Kier molecular flexibility index (Phi) is 4.67. The molecule has 1 atom stereocenters. The van der Waals surface area contributed by atoms with E-state index in [1.165, 1.54) is 16.0 Å². The molecule has 4 rings (SSSR count). The van der Waals surface area contributed by atoms with Gasteiger partial charge in [0.05, 0.1) is 5.92 Å². The lowest BCUT2D eigenvalue weighted by molar-refractivity contribution is -0.123. The van der Waals surface area contributed by atoms with E-state index in [1.807, 2.05) is 17.4 Å². The number of aryl methyl sites for hydroxylation is 1. The highest BCUT2D eigenvalue weighted by molar-refractivity contribution is 7.09. The zero-order chi connectivity index (χ0) is 16.4. The number of fused-ring (bicyclic) bond motifs is 1. The van der Waals surface area contributed by atoms with E-state index in [-0.39, 0.29) is 11.8 Å². The molecule has 1 aromatic heterocycles. The van der Waals surface area contributed by atoms with Crippen LogP contribution in [0.5, 0.6) is 0 Å². The van der Waals surface area contributed by atoms with Gasteiger partial charge in [0.2, 0.25) is 5.91 Å². The number of nitrogens with one attached hydrogen (secondary N) is 1. The highest BCUT2D eigenvalue weighted by Crippen LogP contribution is 2.33. The van der Waals surface area contributed by atoms with Crippen molar-refractivity contribution in [2.24, 2.45) is 0 Å². The molecule has 1 aliphatic heterocycles. The molecule has 3 nitrogen and oxygen atoms in total. The summed E-state index contributed by atoms with van der Waals surface area (Å²) >= 11 is 1.83. The number of rotatable bonds is 4. The summed E-state index contributed by atoms with van der Waals surface area (Å²) in [5.41, 5.74) is 2.59. The molecule has 1 fully saturated rings. The van der Waals surface area contributed by atoms with Gasteiger partial charge in [-0.3, -0.25) is 9.69 Å². The van der Waals surface area contributed by atoms with Gasteiger partial charge in [-0.2, -0.15) is 0 Å². The maximum Gasteiger partial charge on any atom is 0.227 e. The molecule has 1 saturated heterocycles. The minimum atomic E-state index is 0.0605. The predicted molar refractivity (Wildman–Crippen MR) is 98.3 cm³/mol. The van der Waals surface area contributed by atoms with Gasteiger partial charge >= 0.3 is 0 Å². The second-order valence-corrected chi connectivity index (χ2v) is 7.96. The largest absolute Gasteiger partial charge is 0.353 e. The van der Waals surface area contributed by atoms with Crippen LogP contribution in [0.15, 0.2) is 41.8 Å². The Hall–Kier alpha value is -1.65. The molecule has 2 heterocycles. The van der Waals surface area contributed by atoms with Crippen LogP contribution in [0.4, 0.5) is 0 Å². The number of likely N-dealkylation sites (tertiary alicyclic amines) is 1. The molecular formula is C20H24N2OS. The van der Waals surface area contributed by atoms with Crippen LogP contribution in [0.25, 0.3) is 0 Å². The SMILES string of the molecule is O=C(NC1CCN(Cc2cccs2)CC1)[C@H]1CCc2ccccc21. The predicted octanol–water partition coefficient (Wildman–Crippen LogP) is 3.56. The fourth-order valence-electron chi connectivity index (χ4n) is 3.99. The maximum absolute atomic E-state index is 12.7. The first-order chi connectivity index (χ1) is 11.8. The Balaban J connectivity index is 1.29. The van der Waals surface area contributed by atoms with Crippen molar-refractivity contribution in [3.8, 4) is 0 Å². The Morgan fingerprint density at radius 3 is 2.75 bits per heavy atom.